The first-order chi connectivity index (χ1) is 14.6. The molecule has 1 aromatic heterocycles. The van der Waals surface area contributed by atoms with E-state index in [2.05, 4.69) is 11.6 Å². The fourth-order valence-corrected chi connectivity index (χ4v) is 4.17. The van der Waals surface area contributed by atoms with Crippen LogP contribution in [0.1, 0.15) is 26.3 Å². The first kappa shape index (κ1) is 19.7. The maximum absolute atomic E-state index is 13.6. The van der Waals surface area contributed by atoms with Gasteiger partial charge in [0.25, 0.3) is 5.91 Å². The van der Waals surface area contributed by atoms with Crippen LogP contribution < -0.4 is 4.80 Å². The zero-order chi connectivity index (χ0) is 21.1. The average Bonchev–Trinajstić information content (AvgIpc) is 3.10. The number of amides is 1. The van der Waals surface area contributed by atoms with Crippen molar-refractivity contribution in [2.45, 2.75) is 6.54 Å². The van der Waals surface area contributed by atoms with Gasteiger partial charge in [-0.25, -0.2) is 4.39 Å². The standard InChI is InChI=1S/C24H17FN2O2S/c1-2-14-27-20-13-12-19(25)15-21(20)30-24(27)26-23(29)18-10-8-17(9-11-18)22(28)16-6-4-3-5-7-16/h2-13,15H,1,14H2. The first-order valence-corrected chi connectivity index (χ1v) is 10.1. The Morgan fingerprint density at radius 3 is 2.33 bits per heavy atom. The van der Waals surface area contributed by atoms with Gasteiger partial charge >= 0.3 is 0 Å². The molecule has 148 valence electrons. The van der Waals surface area contributed by atoms with Crippen LogP contribution >= 0.6 is 11.3 Å². The Kier molecular flexibility index (Phi) is 5.50. The van der Waals surface area contributed by atoms with E-state index >= 15 is 0 Å². The smallest absolute Gasteiger partial charge is 0.279 e. The summed E-state index contributed by atoms with van der Waals surface area (Å²) in [5, 5.41) is 0. The molecule has 0 aliphatic rings. The molecule has 1 amide bonds. The lowest BCUT2D eigenvalue weighted by atomic mass is 10.0. The number of fused-ring (bicyclic) bond motifs is 1. The van der Waals surface area contributed by atoms with Crippen molar-refractivity contribution < 1.29 is 14.0 Å². The number of aromatic nitrogens is 1. The molecule has 30 heavy (non-hydrogen) atoms. The van der Waals surface area contributed by atoms with Gasteiger partial charge in [0.05, 0.1) is 10.2 Å². The summed E-state index contributed by atoms with van der Waals surface area (Å²) in [6.07, 6.45) is 1.70. The SMILES string of the molecule is C=CCn1c(=NC(=O)c2ccc(C(=O)c3ccccc3)cc2)sc2cc(F)ccc21. The van der Waals surface area contributed by atoms with E-state index in [0.717, 1.165) is 5.52 Å². The number of benzene rings is 3. The fourth-order valence-electron chi connectivity index (χ4n) is 3.11. The quantitative estimate of drug-likeness (QED) is 0.340. The predicted octanol–water partition coefficient (Wildman–Crippen LogP) is 5.00. The molecule has 6 heteroatoms. The highest BCUT2D eigenvalue weighted by molar-refractivity contribution is 7.16. The molecular formula is C24H17FN2O2S. The second-order valence-electron chi connectivity index (χ2n) is 6.59. The molecule has 0 aliphatic carbocycles. The topological polar surface area (TPSA) is 51.4 Å². The second-order valence-corrected chi connectivity index (χ2v) is 7.59. The summed E-state index contributed by atoms with van der Waals surface area (Å²) in [6.45, 7) is 4.19. The zero-order valence-corrected chi connectivity index (χ0v) is 16.7. The van der Waals surface area contributed by atoms with Gasteiger partial charge in [0.15, 0.2) is 10.6 Å². The maximum atomic E-state index is 13.6. The van der Waals surface area contributed by atoms with Gasteiger partial charge in [0.1, 0.15) is 5.82 Å². The van der Waals surface area contributed by atoms with E-state index in [-0.39, 0.29) is 11.6 Å². The molecule has 4 rings (SSSR count). The third-order valence-corrected chi connectivity index (χ3v) is 5.62. The lowest BCUT2D eigenvalue weighted by Crippen LogP contribution is -2.16. The lowest BCUT2D eigenvalue weighted by Gasteiger charge is -2.03. The largest absolute Gasteiger partial charge is 0.312 e. The number of hydrogen-bond acceptors (Lipinski definition) is 3. The minimum Gasteiger partial charge on any atom is -0.312 e. The van der Waals surface area contributed by atoms with E-state index in [4.69, 9.17) is 0 Å². The number of ketones is 1. The first-order valence-electron chi connectivity index (χ1n) is 9.25. The van der Waals surface area contributed by atoms with E-state index in [1.807, 2.05) is 10.6 Å². The van der Waals surface area contributed by atoms with E-state index in [0.29, 0.717) is 32.7 Å². The Hall–Kier alpha value is -3.64. The summed E-state index contributed by atoms with van der Waals surface area (Å²) in [5.41, 5.74) is 2.24. The van der Waals surface area contributed by atoms with Crippen LogP contribution in [-0.4, -0.2) is 16.3 Å². The summed E-state index contributed by atoms with van der Waals surface area (Å²) >= 11 is 1.24. The lowest BCUT2D eigenvalue weighted by molar-refractivity contribution is 0.0994. The molecule has 0 saturated carbocycles. The molecule has 0 fully saturated rings. The molecule has 0 unspecified atom stereocenters. The predicted molar refractivity (Wildman–Crippen MR) is 116 cm³/mol. The van der Waals surface area contributed by atoms with Crippen LogP contribution in [0.25, 0.3) is 10.2 Å². The number of nitrogens with zero attached hydrogens (tertiary/aromatic N) is 2. The molecular weight excluding hydrogens is 399 g/mol. The number of carbonyl (C=O) groups is 2. The highest BCUT2D eigenvalue weighted by atomic mass is 32.1. The van der Waals surface area contributed by atoms with Crippen LogP contribution in [-0.2, 0) is 6.54 Å². The molecule has 4 aromatic rings. The van der Waals surface area contributed by atoms with Crippen LogP contribution in [0, 0.1) is 5.82 Å². The Morgan fingerprint density at radius 1 is 0.967 bits per heavy atom. The van der Waals surface area contributed by atoms with Crippen molar-refractivity contribution in [2.24, 2.45) is 4.99 Å². The van der Waals surface area contributed by atoms with Crippen molar-refractivity contribution in [2.75, 3.05) is 0 Å². The van der Waals surface area contributed by atoms with Crippen LogP contribution in [0.15, 0.2) is 90.4 Å². The average molecular weight is 416 g/mol. The number of thiazole rings is 1. The van der Waals surface area contributed by atoms with Gasteiger partial charge in [0.2, 0.25) is 0 Å². The number of rotatable bonds is 5. The summed E-state index contributed by atoms with van der Waals surface area (Å²) in [4.78, 5) is 29.9. The summed E-state index contributed by atoms with van der Waals surface area (Å²) in [7, 11) is 0. The molecule has 0 aliphatic heterocycles. The minimum atomic E-state index is -0.432. The minimum absolute atomic E-state index is 0.109. The van der Waals surface area contributed by atoms with Gasteiger partial charge in [-0.3, -0.25) is 9.59 Å². The van der Waals surface area contributed by atoms with Crippen LogP contribution in [0.4, 0.5) is 4.39 Å². The van der Waals surface area contributed by atoms with Crippen molar-refractivity contribution in [1.29, 1.82) is 0 Å². The van der Waals surface area contributed by atoms with Gasteiger partial charge in [-0.15, -0.1) is 6.58 Å². The van der Waals surface area contributed by atoms with E-state index in [9.17, 15) is 14.0 Å². The van der Waals surface area contributed by atoms with Crippen molar-refractivity contribution >= 4 is 33.2 Å². The summed E-state index contributed by atoms with van der Waals surface area (Å²) in [6, 6.07) is 19.8. The highest BCUT2D eigenvalue weighted by Gasteiger charge is 2.12. The van der Waals surface area contributed by atoms with Crippen molar-refractivity contribution in [3.8, 4) is 0 Å². The number of allylic oxidation sites excluding steroid dienone is 1. The van der Waals surface area contributed by atoms with Crippen LogP contribution in [0.5, 0.6) is 0 Å². The van der Waals surface area contributed by atoms with Gasteiger partial charge in [0, 0.05) is 23.2 Å². The number of hydrogen-bond donors (Lipinski definition) is 0. The van der Waals surface area contributed by atoms with E-state index < -0.39 is 5.91 Å². The Balaban J connectivity index is 1.67. The van der Waals surface area contributed by atoms with Crippen molar-refractivity contribution in [3.63, 3.8) is 0 Å². The van der Waals surface area contributed by atoms with E-state index in [1.165, 1.54) is 23.5 Å². The Bertz CT molecular complexity index is 1320. The normalized spacial score (nSPS) is 11.6. The molecule has 0 N–H and O–H groups in total. The highest BCUT2D eigenvalue weighted by Crippen LogP contribution is 2.19. The van der Waals surface area contributed by atoms with Gasteiger partial charge in [-0.1, -0.05) is 59.9 Å². The Labute approximate surface area is 176 Å². The fraction of sp³-hybridized carbons (Fsp3) is 0.0417. The summed E-state index contributed by atoms with van der Waals surface area (Å²) < 4.78 is 16.1. The monoisotopic (exact) mass is 416 g/mol. The van der Waals surface area contributed by atoms with Crippen LogP contribution in [0.3, 0.4) is 0 Å². The molecule has 0 bridgehead atoms. The third kappa shape index (κ3) is 3.90. The van der Waals surface area contributed by atoms with Gasteiger partial charge in [-0.2, -0.15) is 4.99 Å². The second kappa shape index (κ2) is 8.39. The van der Waals surface area contributed by atoms with Crippen molar-refractivity contribution in [1.82, 2.24) is 4.57 Å². The van der Waals surface area contributed by atoms with Gasteiger partial charge < -0.3 is 4.57 Å². The molecule has 0 spiro atoms. The molecule has 0 saturated heterocycles. The molecule has 3 aromatic carbocycles. The molecule has 0 radical (unpaired) electrons. The maximum Gasteiger partial charge on any atom is 0.279 e. The van der Waals surface area contributed by atoms with Crippen molar-refractivity contribution in [3.05, 3.63) is 113 Å². The molecule has 1 heterocycles. The number of carbonyl (C=O) groups excluding carboxylic acids is 2. The third-order valence-electron chi connectivity index (χ3n) is 4.58. The van der Waals surface area contributed by atoms with Gasteiger partial charge in [-0.05, 0) is 30.3 Å². The van der Waals surface area contributed by atoms with Crippen LogP contribution in [0.2, 0.25) is 0 Å². The van der Waals surface area contributed by atoms with E-state index in [1.54, 1.807) is 60.7 Å². The summed E-state index contributed by atoms with van der Waals surface area (Å²) in [5.74, 6) is -0.883. The zero-order valence-electron chi connectivity index (χ0n) is 15.9. The Morgan fingerprint density at radius 2 is 1.63 bits per heavy atom. The molecule has 4 nitrogen and oxygen atoms in total. The number of halogens is 1. The molecule has 0 atom stereocenters.